The number of hydrogen-bond acceptors (Lipinski definition) is 4. The Hall–Kier alpha value is -2.89. The van der Waals surface area contributed by atoms with Gasteiger partial charge in [-0.2, -0.15) is 0 Å². The summed E-state index contributed by atoms with van der Waals surface area (Å²) in [5.41, 5.74) is 1.78. The number of hydrogen-bond donors (Lipinski definition) is 2. The van der Waals surface area contributed by atoms with Crippen molar-refractivity contribution in [1.82, 2.24) is 15.6 Å². The van der Waals surface area contributed by atoms with Crippen LogP contribution in [0.25, 0.3) is 0 Å². The van der Waals surface area contributed by atoms with E-state index in [0.29, 0.717) is 18.5 Å². The van der Waals surface area contributed by atoms with Gasteiger partial charge in [0.2, 0.25) is 0 Å². The fraction of sp³-hybridized carbons (Fsp3) is 0.316. The van der Waals surface area contributed by atoms with E-state index in [1.807, 2.05) is 24.3 Å². The number of carbonyl (C=O) groups is 2. The largest absolute Gasteiger partial charge is 0.497 e. The van der Waals surface area contributed by atoms with E-state index in [1.54, 1.807) is 13.2 Å². The van der Waals surface area contributed by atoms with Crippen LogP contribution in [0.5, 0.6) is 5.75 Å². The van der Waals surface area contributed by atoms with Crippen LogP contribution < -0.4 is 15.4 Å². The van der Waals surface area contributed by atoms with Crippen molar-refractivity contribution in [3.05, 3.63) is 59.4 Å². The second-order valence-electron chi connectivity index (χ2n) is 6.03. The zero-order valence-corrected chi connectivity index (χ0v) is 14.1. The molecule has 0 radical (unpaired) electrons. The van der Waals surface area contributed by atoms with Crippen LogP contribution >= 0.6 is 0 Å². The molecule has 3 rings (SSSR count). The SMILES string of the molecule is COc1cccc(CCNC(=O)c2cc(C(=O)NC3CC3)ccn2)c1. The summed E-state index contributed by atoms with van der Waals surface area (Å²) >= 11 is 0. The van der Waals surface area contributed by atoms with Gasteiger partial charge in [-0.25, -0.2) is 0 Å². The summed E-state index contributed by atoms with van der Waals surface area (Å²) in [5.74, 6) is 0.346. The Morgan fingerprint density at radius 1 is 1.20 bits per heavy atom. The summed E-state index contributed by atoms with van der Waals surface area (Å²) in [7, 11) is 1.62. The van der Waals surface area contributed by atoms with Gasteiger partial charge in [0, 0.05) is 24.3 Å². The minimum absolute atomic E-state index is 0.157. The van der Waals surface area contributed by atoms with Gasteiger partial charge in [0.05, 0.1) is 7.11 Å². The summed E-state index contributed by atoms with van der Waals surface area (Å²) in [6.07, 6.45) is 4.21. The zero-order chi connectivity index (χ0) is 17.6. The lowest BCUT2D eigenvalue weighted by atomic mass is 10.1. The van der Waals surface area contributed by atoms with Crippen LogP contribution in [0, 0.1) is 0 Å². The van der Waals surface area contributed by atoms with Crippen molar-refractivity contribution in [2.24, 2.45) is 0 Å². The summed E-state index contributed by atoms with van der Waals surface area (Å²) in [4.78, 5) is 28.3. The second kappa shape index (κ2) is 7.79. The number of nitrogens with one attached hydrogen (secondary N) is 2. The molecule has 6 nitrogen and oxygen atoms in total. The van der Waals surface area contributed by atoms with Gasteiger partial charge in [0.25, 0.3) is 11.8 Å². The molecule has 1 aromatic heterocycles. The maximum Gasteiger partial charge on any atom is 0.269 e. The Morgan fingerprint density at radius 2 is 2.04 bits per heavy atom. The van der Waals surface area contributed by atoms with Crippen LogP contribution in [-0.4, -0.2) is 36.5 Å². The summed E-state index contributed by atoms with van der Waals surface area (Å²) in [5, 5.41) is 5.73. The lowest BCUT2D eigenvalue weighted by Gasteiger charge is -2.08. The molecule has 0 aliphatic heterocycles. The highest BCUT2D eigenvalue weighted by molar-refractivity contribution is 5.98. The Balaban J connectivity index is 1.54. The number of amides is 2. The van der Waals surface area contributed by atoms with Crippen molar-refractivity contribution >= 4 is 11.8 Å². The van der Waals surface area contributed by atoms with Gasteiger partial charge >= 0.3 is 0 Å². The summed E-state index contributed by atoms with van der Waals surface area (Å²) in [6, 6.07) is 11.1. The Kier molecular flexibility index (Phi) is 5.28. The van der Waals surface area contributed by atoms with Crippen LogP contribution in [0.3, 0.4) is 0 Å². The molecule has 130 valence electrons. The molecular formula is C19H21N3O3. The van der Waals surface area contributed by atoms with Gasteiger partial charge in [-0.15, -0.1) is 0 Å². The molecule has 1 aliphatic carbocycles. The minimum atomic E-state index is -0.288. The number of rotatable bonds is 7. The van der Waals surface area contributed by atoms with Crippen LogP contribution in [0.1, 0.15) is 39.3 Å². The average molecular weight is 339 g/mol. The first kappa shape index (κ1) is 17.0. The molecule has 2 aromatic rings. The molecule has 0 unspecified atom stereocenters. The maximum absolute atomic E-state index is 12.2. The molecule has 25 heavy (non-hydrogen) atoms. The molecule has 1 saturated carbocycles. The molecule has 0 saturated heterocycles. The normalized spacial score (nSPS) is 13.2. The van der Waals surface area contributed by atoms with E-state index >= 15 is 0 Å². The third kappa shape index (κ3) is 4.79. The molecule has 1 aliphatic rings. The van der Waals surface area contributed by atoms with Crippen molar-refractivity contribution in [3.8, 4) is 5.75 Å². The zero-order valence-electron chi connectivity index (χ0n) is 14.1. The highest BCUT2D eigenvalue weighted by Crippen LogP contribution is 2.19. The van der Waals surface area contributed by atoms with Gasteiger partial charge in [0.15, 0.2) is 0 Å². The number of benzene rings is 1. The van der Waals surface area contributed by atoms with Crippen molar-refractivity contribution in [2.45, 2.75) is 25.3 Å². The fourth-order valence-corrected chi connectivity index (χ4v) is 2.43. The Bertz CT molecular complexity index is 772. The highest BCUT2D eigenvalue weighted by atomic mass is 16.5. The summed E-state index contributed by atoms with van der Waals surface area (Å²) < 4.78 is 5.18. The van der Waals surface area contributed by atoms with Gasteiger partial charge < -0.3 is 15.4 Å². The van der Waals surface area contributed by atoms with Gasteiger partial charge in [-0.3, -0.25) is 14.6 Å². The predicted molar refractivity (Wildman–Crippen MR) is 93.8 cm³/mol. The van der Waals surface area contributed by atoms with Crippen LogP contribution in [0.15, 0.2) is 42.6 Å². The van der Waals surface area contributed by atoms with Crippen LogP contribution in [0.4, 0.5) is 0 Å². The molecule has 0 spiro atoms. The number of ether oxygens (including phenoxy) is 1. The minimum Gasteiger partial charge on any atom is -0.497 e. The van der Waals surface area contributed by atoms with Crippen LogP contribution in [-0.2, 0) is 6.42 Å². The van der Waals surface area contributed by atoms with Crippen LogP contribution in [0.2, 0.25) is 0 Å². The van der Waals surface area contributed by atoms with E-state index in [2.05, 4.69) is 15.6 Å². The Labute approximate surface area is 146 Å². The Morgan fingerprint density at radius 3 is 2.80 bits per heavy atom. The highest BCUT2D eigenvalue weighted by Gasteiger charge is 2.24. The number of carbonyl (C=O) groups excluding carboxylic acids is 2. The first-order chi connectivity index (χ1) is 12.2. The van der Waals surface area contributed by atoms with Gasteiger partial charge in [-0.1, -0.05) is 12.1 Å². The quantitative estimate of drug-likeness (QED) is 0.808. The molecule has 0 atom stereocenters. The molecule has 2 amide bonds. The first-order valence-electron chi connectivity index (χ1n) is 8.34. The molecular weight excluding hydrogens is 318 g/mol. The molecule has 1 aromatic carbocycles. The standard InChI is InChI=1S/C19H21N3O3/c1-25-16-4-2-3-13(11-16)7-9-21-19(24)17-12-14(8-10-20-17)18(23)22-15-5-6-15/h2-4,8,10-12,15H,5-7,9H2,1H3,(H,21,24)(H,22,23). The average Bonchev–Trinajstić information content (AvgIpc) is 3.46. The molecule has 0 bridgehead atoms. The number of aromatic nitrogens is 1. The van der Waals surface area contributed by atoms with Gasteiger partial charge in [0.1, 0.15) is 11.4 Å². The third-order valence-corrected chi connectivity index (χ3v) is 4.00. The lowest BCUT2D eigenvalue weighted by molar-refractivity contribution is 0.0949. The van der Waals surface area contributed by atoms with Crippen molar-refractivity contribution in [1.29, 1.82) is 0 Å². The lowest BCUT2D eigenvalue weighted by Crippen LogP contribution is -2.28. The van der Waals surface area contributed by atoms with E-state index < -0.39 is 0 Å². The maximum atomic E-state index is 12.2. The topological polar surface area (TPSA) is 80.3 Å². The van der Waals surface area contributed by atoms with E-state index in [0.717, 1.165) is 24.2 Å². The fourth-order valence-electron chi connectivity index (χ4n) is 2.43. The molecule has 1 fully saturated rings. The van der Waals surface area contributed by atoms with Crippen molar-refractivity contribution in [3.63, 3.8) is 0 Å². The smallest absolute Gasteiger partial charge is 0.269 e. The number of methoxy groups -OCH3 is 1. The van der Waals surface area contributed by atoms with Crippen molar-refractivity contribution in [2.75, 3.05) is 13.7 Å². The van der Waals surface area contributed by atoms with Crippen molar-refractivity contribution < 1.29 is 14.3 Å². The van der Waals surface area contributed by atoms with E-state index in [-0.39, 0.29) is 23.6 Å². The van der Waals surface area contributed by atoms with E-state index in [9.17, 15) is 9.59 Å². The summed E-state index contributed by atoms with van der Waals surface area (Å²) in [6.45, 7) is 0.478. The van der Waals surface area contributed by atoms with E-state index in [1.165, 1.54) is 12.3 Å². The number of nitrogens with zero attached hydrogens (tertiary/aromatic N) is 1. The second-order valence-corrected chi connectivity index (χ2v) is 6.03. The van der Waals surface area contributed by atoms with Gasteiger partial charge in [-0.05, 0) is 49.1 Å². The monoisotopic (exact) mass is 339 g/mol. The first-order valence-corrected chi connectivity index (χ1v) is 8.34. The number of pyridine rings is 1. The third-order valence-electron chi connectivity index (χ3n) is 4.00. The van der Waals surface area contributed by atoms with E-state index in [4.69, 9.17) is 4.74 Å². The molecule has 6 heteroatoms. The predicted octanol–water partition coefficient (Wildman–Crippen LogP) is 1.95. The molecule has 1 heterocycles. The molecule has 2 N–H and O–H groups in total.